The minimum absolute atomic E-state index is 0.120. The van der Waals surface area contributed by atoms with E-state index in [1.165, 1.54) is 18.6 Å². The summed E-state index contributed by atoms with van der Waals surface area (Å²) in [4.78, 5) is 12.1. The number of benzene rings is 1. The van der Waals surface area contributed by atoms with Crippen LogP contribution in [0.1, 0.15) is 44.2 Å². The minimum Gasteiger partial charge on any atom is -0.353 e. The summed E-state index contributed by atoms with van der Waals surface area (Å²) in [7, 11) is 0. The number of rotatable bonds is 3. The molecule has 1 aliphatic rings. The lowest BCUT2D eigenvalue weighted by Crippen LogP contribution is -2.44. The van der Waals surface area contributed by atoms with Crippen molar-refractivity contribution in [1.29, 1.82) is 0 Å². The van der Waals surface area contributed by atoms with Crippen LogP contribution in [0.5, 0.6) is 0 Å². The Morgan fingerprint density at radius 2 is 1.82 bits per heavy atom. The summed E-state index contributed by atoms with van der Waals surface area (Å²) in [5.74, 6) is 0.904. The molecule has 1 aromatic carbocycles. The van der Waals surface area contributed by atoms with Crippen molar-refractivity contribution in [3.8, 4) is 0 Å². The van der Waals surface area contributed by atoms with E-state index in [-0.39, 0.29) is 18.4 Å². The molecule has 2 rings (SSSR count). The van der Waals surface area contributed by atoms with Gasteiger partial charge in [0.15, 0.2) is 0 Å². The third-order valence-corrected chi connectivity index (χ3v) is 4.70. The first-order valence-electron chi connectivity index (χ1n) is 7.73. The van der Waals surface area contributed by atoms with Crippen LogP contribution in [-0.4, -0.2) is 11.9 Å². The van der Waals surface area contributed by atoms with Gasteiger partial charge in [0.2, 0.25) is 5.91 Å². The topological polar surface area (TPSA) is 29.1 Å². The maximum Gasteiger partial charge on any atom is 0.416 e. The second-order valence-electron chi connectivity index (χ2n) is 6.31. The smallest absolute Gasteiger partial charge is 0.353 e. The van der Waals surface area contributed by atoms with Crippen molar-refractivity contribution >= 4 is 5.91 Å². The number of carbonyl (C=O) groups is 1. The average Bonchev–Trinajstić information content (AvgIpc) is 2.43. The van der Waals surface area contributed by atoms with E-state index in [1.807, 2.05) is 0 Å². The van der Waals surface area contributed by atoms with E-state index < -0.39 is 11.7 Å². The van der Waals surface area contributed by atoms with E-state index in [4.69, 9.17) is 0 Å². The zero-order chi connectivity index (χ0) is 16.3. The number of amides is 1. The van der Waals surface area contributed by atoms with Crippen molar-refractivity contribution < 1.29 is 18.0 Å². The fourth-order valence-corrected chi connectivity index (χ4v) is 3.04. The second-order valence-corrected chi connectivity index (χ2v) is 6.31. The summed E-state index contributed by atoms with van der Waals surface area (Å²) >= 11 is 0. The predicted octanol–water partition coefficient (Wildman–Crippen LogP) is 4.19. The summed E-state index contributed by atoms with van der Waals surface area (Å²) in [5, 5.41) is 3.03. The molecular weight excluding hydrogens is 291 g/mol. The van der Waals surface area contributed by atoms with Crippen LogP contribution in [0.25, 0.3) is 0 Å². The van der Waals surface area contributed by atoms with Crippen LogP contribution in [0.15, 0.2) is 24.3 Å². The maximum atomic E-state index is 12.5. The van der Waals surface area contributed by atoms with E-state index in [0.29, 0.717) is 17.4 Å². The van der Waals surface area contributed by atoms with E-state index in [2.05, 4.69) is 19.2 Å². The van der Waals surface area contributed by atoms with Crippen LogP contribution in [0.4, 0.5) is 13.2 Å². The largest absolute Gasteiger partial charge is 0.416 e. The van der Waals surface area contributed by atoms with Crippen LogP contribution >= 0.6 is 0 Å². The molecule has 0 aromatic heterocycles. The maximum absolute atomic E-state index is 12.5. The molecule has 0 saturated heterocycles. The number of halogens is 3. The van der Waals surface area contributed by atoms with Gasteiger partial charge >= 0.3 is 6.18 Å². The Labute approximate surface area is 129 Å². The van der Waals surface area contributed by atoms with Crippen LogP contribution < -0.4 is 5.32 Å². The molecule has 0 heterocycles. The lowest BCUT2D eigenvalue weighted by Gasteiger charge is -2.34. The number of hydrogen-bond donors (Lipinski definition) is 1. The molecule has 0 spiro atoms. The first kappa shape index (κ1) is 16.8. The van der Waals surface area contributed by atoms with Crippen molar-refractivity contribution in [2.45, 2.75) is 51.7 Å². The van der Waals surface area contributed by atoms with Crippen LogP contribution in [-0.2, 0) is 17.4 Å². The van der Waals surface area contributed by atoms with Crippen LogP contribution in [0.3, 0.4) is 0 Å². The summed E-state index contributed by atoms with van der Waals surface area (Å²) in [5.41, 5.74) is -0.0894. The zero-order valence-corrected chi connectivity index (χ0v) is 12.9. The van der Waals surface area contributed by atoms with Gasteiger partial charge in [-0.15, -0.1) is 0 Å². The Kier molecular flexibility index (Phi) is 5.14. The van der Waals surface area contributed by atoms with Gasteiger partial charge in [0.05, 0.1) is 12.0 Å². The fraction of sp³-hybridized carbons (Fsp3) is 0.588. The summed E-state index contributed by atoms with van der Waals surface area (Å²) in [6.07, 6.45) is -0.947. The molecular formula is C17H22F3NO. The van der Waals surface area contributed by atoms with Gasteiger partial charge in [-0.1, -0.05) is 38.8 Å². The van der Waals surface area contributed by atoms with Crippen LogP contribution in [0.2, 0.25) is 0 Å². The number of hydrogen-bond acceptors (Lipinski definition) is 1. The second kappa shape index (κ2) is 6.71. The van der Waals surface area contributed by atoms with E-state index >= 15 is 0 Å². The number of alkyl halides is 3. The van der Waals surface area contributed by atoms with Crippen LogP contribution in [0, 0.1) is 11.8 Å². The molecule has 1 N–H and O–H groups in total. The van der Waals surface area contributed by atoms with Gasteiger partial charge in [-0.3, -0.25) is 4.79 Å². The SMILES string of the molecule is C[C@@H]1[C@H](C)CCC[C@H]1NC(=O)Cc1ccc(C(F)(F)F)cc1. The molecule has 0 radical (unpaired) electrons. The van der Waals surface area contributed by atoms with Crippen molar-refractivity contribution in [2.75, 3.05) is 0 Å². The highest BCUT2D eigenvalue weighted by molar-refractivity contribution is 5.78. The van der Waals surface area contributed by atoms with E-state index in [1.54, 1.807) is 0 Å². The third-order valence-electron chi connectivity index (χ3n) is 4.70. The van der Waals surface area contributed by atoms with Gasteiger partial charge < -0.3 is 5.32 Å². The molecule has 1 amide bonds. The highest BCUT2D eigenvalue weighted by atomic mass is 19.4. The normalized spacial score (nSPS) is 25.8. The first-order chi connectivity index (χ1) is 10.3. The Hall–Kier alpha value is -1.52. The molecule has 1 aliphatic carbocycles. The molecule has 0 aliphatic heterocycles. The molecule has 1 fully saturated rings. The summed E-state index contributed by atoms with van der Waals surface area (Å²) in [6, 6.07) is 4.96. The lowest BCUT2D eigenvalue weighted by atomic mass is 9.78. The van der Waals surface area contributed by atoms with Gasteiger partial charge in [-0.25, -0.2) is 0 Å². The minimum atomic E-state index is -4.34. The Morgan fingerprint density at radius 1 is 1.18 bits per heavy atom. The Morgan fingerprint density at radius 3 is 2.41 bits per heavy atom. The fourth-order valence-electron chi connectivity index (χ4n) is 3.04. The summed E-state index contributed by atoms with van der Waals surface area (Å²) in [6.45, 7) is 4.34. The molecule has 3 atom stereocenters. The van der Waals surface area contributed by atoms with Gasteiger partial charge in [0, 0.05) is 6.04 Å². The van der Waals surface area contributed by atoms with E-state index in [0.717, 1.165) is 25.0 Å². The molecule has 0 unspecified atom stereocenters. The molecule has 1 saturated carbocycles. The van der Waals surface area contributed by atoms with Crippen molar-refractivity contribution in [3.63, 3.8) is 0 Å². The van der Waals surface area contributed by atoms with Crippen molar-refractivity contribution in [2.24, 2.45) is 11.8 Å². The lowest BCUT2D eigenvalue weighted by molar-refractivity contribution is -0.137. The molecule has 2 nitrogen and oxygen atoms in total. The highest BCUT2D eigenvalue weighted by Gasteiger charge is 2.30. The number of carbonyl (C=O) groups excluding carboxylic acids is 1. The van der Waals surface area contributed by atoms with E-state index in [9.17, 15) is 18.0 Å². The molecule has 122 valence electrons. The molecule has 0 bridgehead atoms. The monoisotopic (exact) mass is 313 g/mol. The van der Waals surface area contributed by atoms with Gasteiger partial charge in [-0.2, -0.15) is 13.2 Å². The van der Waals surface area contributed by atoms with Gasteiger partial charge in [-0.05, 0) is 36.0 Å². The molecule has 5 heteroatoms. The van der Waals surface area contributed by atoms with Gasteiger partial charge in [0.1, 0.15) is 0 Å². The highest BCUT2D eigenvalue weighted by Crippen LogP contribution is 2.30. The average molecular weight is 313 g/mol. The third kappa shape index (κ3) is 4.24. The van der Waals surface area contributed by atoms with Crippen molar-refractivity contribution in [3.05, 3.63) is 35.4 Å². The summed E-state index contributed by atoms with van der Waals surface area (Å²) < 4.78 is 37.5. The Bertz CT molecular complexity index is 510. The molecule has 22 heavy (non-hydrogen) atoms. The standard InChI is InChI=1S/C17H22F3NO/c1-11-4-3-5-15(12(11)2)21-16(22)10-13-6-8-14(9-7-13)17(18,19)20/h6-9,11-12,15H,3-5,10H2,1-2H3,(H,21,22)/t11-,12-,15-/m1/s1. The quantitative estimate of drug-likeness (QED) is 0.891. The zero-order valence-electron chi connectivity index (χ0n) is 12.9. The van der Waals surface area contributed by atoms with Crippen molar-refractivity contribution in [1.82, 2.24) is 5.32 Å². The molecule has 1 aromatic rings. The number of nitrogens with one attached hydrogen (secondary N) is 1. The predicted molar refractivity (Wildman–Crippen MR) is 79.3 cm³/mol. The first-order valence-corrected chi connectivity index (χ1v) is 7.73. The Balaban J connectivity index is 1.92. The van der Waals surface area contributed by atoms with Gasteiger partial charge in [0.25, 0.3) is 0 Å².